The molecule has 0 saturated heterocycles. The van der Waals surface area contributed by atoms with E-state index in [9.17, 15) is 9.18 Å². The SMILES string of the molecule is [CH2]CNC(=O)c1cnccc1Nc1nc(-c2cc(Cl)ccc2F)ncc1OC. The van der Waals surface area contributed by atoms with Crippen LogP contribution in [0.15, 0.2) is 42.9 Å². The molecule has 1 radical (unpaired) electrons. The average Bonchev–Trinajstić information content (AvgIpc) is 2.70. The molecule has 9 heteroatoms. The predicted molar refractivity (Wildman–Crippen MR) is 104 cm³/mol. The monoisotopic (exact) mass is 400 g/mol. The Morgan fingerprint density at radius 2 is 2.14 bits per heavy atom. The number of carbonyl (C=O) groups excluding carboxylic acids is 1. The summed E-state index contributed by atoms with van der Waals surface area (Å²) >= 11 is 5.96. The molecule has 0 unspecified atom stereocenters. The number of nitrogens with one attached hydrogen (secondary N) is 2. The number of ether oxygens (including phenoxy) is 1. The van der Waals surface area contributed by atoms with Crippen molar-refractivity contribution in [2.75, 3.05) is 19.0 Å². The molecular weight excluding hydrogens is 385 g/mol. The lowest BCUT2D eigenvalue weighted by Gasteiger charge is -2.14. The third-order valence-electron chi connectivity index (χ3n) is 3.75. The number of amides is 1. The molecule has 7 nitrogen and oxygen atoms in total. The zero-order valence-electron chi connectivity index (χ0n) is 14.9. The van der Waals surface area contributed by atoms with Gasteiger partial charge in [0.1, 0.15) is 5.82 Å². The van der Waals surface area contributed by atoms with Crippen LogP contribution >= 0.6 is 11.6 Å². The van der Waals surface area contributed by atoms with Crippen LogP contribution in [0.1, 0.15) is 10.4 Å². The van der Waals surface area contributed by atoms with Gasteiger partial charge in [-0.05, 0) is 31.2 Å². The molecule has 1 aromatic carbocycles. The number of anilines is 2. The molecule has 1 amide bonds. The molecule has 0 aliphatic rings. The smallest absolute Gasteiger partial charge is 0.254 e. The highest BCUT2D eigenvalue weighted by molar-refractivity contribution is 6.30. The molecule has 0 bridgehead atoms. The molecule has 143 valence electrons. The van der Waals surface area contributed by atoms with Gasteiger partial charge >= 0.3 is 0 Å². The summed E-state index contributed by atoms with van der Waals surface area (Å²) in [5.74, 6) is -0.186. The highest BCUT2D eigenvalue weighted by Gasteiger charge is 2.16. The summed E-state index contributed by atoms with van der Waals surface area (Å²) in [6.07, 6.45) is 4.34. The summed E-state index contributed by atoms with van der Waals surface area (Å²) in [5, 5.41) is 5.99. The number of rotatable bonds is 6. The third kappa shape index (κ3) is 4.17. The van der Waals surface area contributed by atoms with Crippen molar-refractivity contribution in [3.8, 4) is 17.1 Å². The van der Waals surface area contributed by atoms with Crippen LogP contribution < -0.4 is 15.4 Å². The van der Waals surface area contributed by atoms with E-state index in [-0.39, 0.29) is 29.7 Å². The summed E-state index contributed by atoms with van der Waals surface area (Å²) in [7, 11) is 1.45. The molecule has 3 aromatic rings. The number of methoxy groups -OCH3 is 1. The van der Waals surface area contributed by atoms with E-state index in [2.05, 4.69) is 32.5 Å². The number of aromatic nitrogens is 3. The van der Waals surface area contributed by atoms with Crippen LogP contribution in [0, 0.1) is 12.7 Å². The van der Waals surface area contributed by atoms with E-state index in [4.69, 9.17) is 16.3 Å². The largest absolute Gasteiger partial charge is 0.491 e. The van der Waals surface area contributed by atoms with Gasteiger partial charge in [0, 0.05) is 24.0 Å². The number of halogens is 2. The van der Waals surface area contributed by atoms with Crippen LogP contribution in [0.25, 0.3) is 11.4 Å². The fourth-order valence-corrected chi connectivity index (χ4v) is 2.60. The van der Waals surface area contributed by atoms with E-state index in [1.165, 1.54) is 43.9 Å². The van der Waals surface area contributed by atoms with Gasteiger partial charge in [0.25, 0.3) is 5.91 Å². The van der Waals surface area contributed by atoms with Gasteiger partial charge in [0.15, 0.2) is 17.4 Å². The van der Waals surface area contributed by atoms with Crippen LogP contribution in [-0.4, -0.2) is 34.5 Å². The number of hydrogen-bond donors (Lipinski definition) is 2. The van der Waals surface area contributed by atoms with Crippen LogP contribution in [0.3, 0.4) is 0 Å². The van der Waals surface area contributed by atoms with Gasteiger partial charge in [0.05, 0.1) is 30.1 Å². The maximum absolute atomic E-state index is 14.2. The summed E-state index contributed by atoms with van der Waals surface area (Å²) < 4.78 is 19.5. The minimum absolute atomic E-state index is 0.112. The summed E-state index contributed by atoms with van der Waals surface area (Å²) in [5.41, 5.74) is 0.876. The van der Waals surface area contributed by atoms with E-state index in [0.717, 1.165) is 0 Å². The maximum atomic E-state index is 14.2. The fourth-order valence-electron chi connectivity index (χ4n) is 2.43. The van der Waals surface area contributed by atoms with Crippen molar-refractivity contribution >= 4 is 29.0 Å². The first kappa shape index (κ1) is 19.5. The molecule has 0 aliphatic heterocycles. The maximum Gasteiger partial charge on any atom is 0.254 e. The number of carbonyl (C=O) groups is 1. The van der Waals surface area contributed by atoms with E-state index >= 15 is 0 Å². The molecule has 3 rings (SSSR count). The Balaban J connectivity index is 2.03. The summed E-state index contributed by atoms with van der Waals surface area (Å²) in [6, 6.07) is 5.72. The van der Waals surface area contributed by atoms with Gasteiger partial charge in [-0.15, -0.1) is 0 Å². The lowest BCUT2D eigenvalue weighted by Crippen LogP contribution is -2.24. The molecule has 0 aliphatic carbocycles. The molecular formula is C19H16ClFN5O2. The second kappa shape index (κ2) is 8.62. The van der Waals surface area contributed by atoms with Crippen LogP contribution in [0.5, 0.6) is 5.75 Å². The highest BCUT2D eigenvalue weighted by Crippen LogP contribution is 2.30. The molecule has 0 saturated carbocycles. The minimum Gasteiger partial charge on any atom is -0.491 e. The number of hydrogen-bond acceptors (Lipinski definition) is 6. The Labute approximate surface area is 166 Å². The molecule has 2 aromatic heterocycles. The Morgan fingerprint density at radius 3 is 2.89 bits per heavy atom. The van der Waals surface area contributed by atoms with Gasteiger partial charge in [-0.25, -0.2) is 14.4 Å². The van der Waals surface area contributed by atoms with Crippen molar-refractivity contribution in [1.82, 2.24) is 20.3 Å². The van der Waals surface area contributed by atoms with Crippen molar-refractivity contribution in [3.63, 3.8) is 0 Å². The standard InChI is InChI=1S/C19H16ClFN5O2/c1-3-23-19(27)13-9-22-7-6-15(13)25-18-16(28-2)10-24-17(26-18)12-8-11(20)4-5-14(12)21/h4-10H,1,3H2,2H3,(H,23,27)(H,22,24,25,26). The normalized spacial score (nSPS) is 10.4. The van der Waals surface area contributed by atoms with Gasteiger partial charge < -0.3 is 15.4 Å². The minimum atomic E-state index is -0.514. The first-order valence-electron chi connectivity index (χ1n) is 8.18. The molecule has 0 fully saturated rings. The Hall–Kier alpha value is -3.26. The summed E-state index contributed by atoms with van der Waals surface area (Å²) in [6.45, 7) is 3.82. The van der Waals surface area contributed by atoms with Gasteiger partial charge in [-0.3, -0.25) is 9.78 Å². The molecule has 0 atom stereocenters. The van der Waals surface area contributed by atoms with Gasteiger partial charge in [-0.1, -0.05) is 11.6 Å². The number of nitrogens with zero attached hydrogens (tertiary/aromatic N) is 3. The zero-order valence-corrected chi connectivity index (χ0v) is 15.6. The first-order chi connectivity index (χ1) is 13.5. The third-order valence-corrected chi connectivity index (χ3v) is 3.98. The second-order valence-electron chi connectivity index (χ2n) is 5.54. The summed E-state index contributed by atoms with van der Waals surface area (Å²) in [4.78, 5) is 24.7. The first-order valence-corrected chi connectivity index (χ1v) is 8.56. The lowest BCUT2D eigenvalue weighted by molar-refractivity contribution is 0.0958. The van der Waals surface area contributed by atoms with Crippen molar-refractivity contribution in [2.45, 2.75) is 0 Å². The zero-order chi connectivity index (χ0) is 20.1. The van der Waals surface area contributed by atoms with Crippen LogP contribution in [0.4, 0.5) is 15.9 Å². The van der Waals surface area contributed by atoms with Crippen molar-refractivity contribution in [2.24, 2.45) is 0 Å². The molecule has 28 heavy (non-hydrogen) atoms. The van der Waals surface area contributed by atoms with E-state index in [1.807, 2.05) is 0 Å². The van der Waals surface area contributed by atoms with E-state index < -0.39 is 5.82 Å². The molecule has 2 N–H and O–H groups in total. The van der Waals surface area contributed by atoms with E-state index in [1.54, 1.807) is 6.07 Å². The van der Waals surface area contributed by atoms with Crippen LogP contribution in [-0.2, 0) is 0 Å². The fraction of sp³-hybridized carbons (Fsp3) is 0.105. The van der Waals surface area contributed by atoms with Crippen LogP contribution in [0.2, 0.25) is 5.02 Å². The second-order valence-corrected chi connectivity index (χ2v) is 5.97. The van der Waals surface area contributed by atoms with Gasteiger partial charge in [0.2, 0.25) is 0 Å². The lowest BCUT2D eigenvalue weighted by atomic mass is 10.2. The number of pyridine rings is 1. The predicted octanol–water partition coefficient (Wildman–Crippen LogP) is 3.65. The topological polar surface area (TPSA) is 89.0 Å². The van der Waals surface area contributed by atoms with Gasteiger partial charge in [-0.2, -0.15) is 0 Å². The van der Waals surface area contributed by atoms with Crippen molar-refractivity contribution in [3.05, 3.63) is 66.2 Å². The van der Waals surface area contributed by atoms with Crippen molar-refractivity contribution < 1.29 is 13.9 Å². The van der Waals surface area contributed by atoms with E-state index in [0.29, 0.717) is 22.0 Å². The number of benzene rings is 1. The Kier molecular flexibility index (Phi) is 6.00. The Morgan fingerprint density at radius 1 is 1.32 bits per heavy atom. The Bertz CT molecular complexity index is 1020. The molecule has 2 heterocycles. The van der Waals surface area contributed by atoms with Crippen molar-refractivity contribution in [1.29, 1.82) is 0 Å². The highest BCUT2D eigenvalue weighted by atomic mass is 35.5. The molecule has 0 spiro atoms. The quantitative estimate of drug-likeness (QED) is 0.656. The average molecular weight is 401 g/mol.